The zero-order chi connectivity index (χ0) is 16.5. The van der Waals surface area contributed by atoms with Gasteiger partial charge < -0.3 is 10.2 Å². The van der Waals surface area contributed by atoms with E-state index in [0.29, 0.717) is 6.42 Å². The molecule has 0 aliphatic carbocycles. The summed E-state index contributed by atoms with van der Waals surface area (Å²) in [7, 11) is 0. The van der Waals surface area contributed by atoms with E-state index in [1.54, 1.807) is 0 Å². The number of carbonyl (C=O) groups excluding carboxylic acids is 1. The predicted octanol–water partition coefficient (Wildman–Crippen LogP) is 4.76. The molecular formula is C19H40N2O. The van der Waals surface area contributed by atoms with Crippen LogP contribution in [0.25, 0.3) is 0 Å². The lowest BCUT2D eigenvalue weighted by Crippen LogP contribution is -2.29. The van der Waals surface area contributed by atoms with Crippen LogP contribution in [0.5, 0.6) is 0 Å². The standard InChI is InChI=1S/C19H40N2O/c1-4-7-8-9-10-11-12-13-14-16-19(22)20-17-15-18-21(5-2)6-3/h4-18H2,1-3H3,(H,20,22). The van der Waals surface area contributed by atoms with Crippen LogP contribution in [0.2, 0.25) is 0 Å². The second-order valence-corrected chi connectivity index (χ2v) is 6.31. The van der Waals surface area contributed by atoms with Gasteiger partial charge in [0.25, 0.3) is 0 Å². The van der Waals surface area contributed by atoms with E-state index < -0.39 is 0 Å². The lowest BCUT2D eigenvalue weighted by atomic mass is 10.1. The van der Waals surface area contributed by atoms with E-state index in [1.165, 1.54) is 51.4 Å². The third-order valence-electron chi connectivity index (χ3n) is 4.38. The Kier molecular flexibility index (Phi) is 16.4. The van der Waals surface area contributed by atoms with Crippen LogP contribution in [0.1, 0.15) is 91.4 Å². The maximum atomic E-state index is 11.7. The summed E-state index contributed by atoms with van der Waals surface area (Å²) in [5.74, 6) is 0.238. The van der Waals surface area contributed by atoms with Crippen LogP contribution in [0.15, 0.2) is 0 Å². The minimum atomic E-state index is 0.238. The summed E-state index contributed by atoms with van der Waals surface area (Å²) in [6, 6.07) is 0. The van der Waals surface area contributed by atoms with E-state index in [2.05, 4.69) is 31.0 Å². The van der Waals surface area contributed by atoms with Crippen LogP contribution >= 0.6 is 0 Å². The highest BCUT2D eigenvalue weighted by Crippen LogP contribution is 2.10. The Hall–Kier alpha value is -0.570. The second-order valence-electron chi connectivity index (χ2n) is 6.31. The zero-order valence-corrected chi connectivity index (χ0v) is 15.5. The Morgan fingerprint density at radius 3 is 1.86 bits per heavy atom. The number of nitrogens with zero attached hydrogens (tertiary/aromatic N) is 1. The Labute approximate surface area is 139 Å². The van der Waals surface area contributed by atoms with Crippen molar-refractivity contribution >= 4 is 5.91 Å². The van der Waals surface area contributed by atoms with Crippen LogP contribution < -0.4 is 5.32 Å². The molecule has 0 spiro atoms. The van der Waals surface area contributed by atoms with Gasteiger partial charge in [-0.1, -0.05) is 72.1 Å². The summed E-state index contributed by atoms with van der Waals surface area (Å²) in [5, 5.41) is 3.05. The fourth-order valence-electron chi connectivity index (χ4n) is 2.75. The number of rotatable bonds is 16. The first-order valence-corrected chi connectivity index (χ1v) is 9.73. The summed E-state index contributed by atoms with van der Waals surface area (Å²) in [6.45, 7) is 10.7. The molecule has 1 N–H and O–H groups in total. The lowest BCUT2D eigenvalue weighted by Gasteiger charge is -2.17. The monoisotopic (exact) mass is 312 g/mol. The van der Waals surface area contributed by atoms with Crippen molar-refractivity contribution in [2.75, 3.05) is 26.2 Å². The molecule has 3 heteroatoms. The number of amides is 1. The molecule has 0 aliphatic heterocycles. The molecule has 0 bridgehead atoms. The molecule has 0 aliphatic rings. The van der Waals surface area contributed by atoms with Gasteiger partial charge in [-0.15, -0.1) is 0 Å². The predicted molar refractivity (Wildman–Crippen MR) is 97.3 cm³/mol. The molecule has 0 fully saturated rings. The normalized spacial score (nSPS) is 11.1. The fraction of sp³-hybridized carbons (Fsp3) is 0.947. The first-order chi connectivity index (χ1) is 10.7. The Bertz CT molecular complexity index is 240. The maximum absolute atomic E-state index is 11.7. The minimum Gasteiger partial charge on any atom is -0.356 e. The summed E-state index contributed by atoms with van der Waals surface area (Å²) >= 11 is 0. The average molecular weight is 313 g/mol. The summed E-state index contributed by atoms with van der Waals surface area (Å²) < 4.78 is 0. The summed E-state index contributed by atoms with van der Waals surface area (Å²) in [5.41, 5.74) is 0. The SMILES string of the molecule is CCCCCCCCCCCC(=O)NCCCN(CC)CC. The topological polar surface area (TPSA) is 32.3 Å². The van der Waals surface area contributed by atoms with Crippen molar-refractivity contribution in [2.45, 2.75) is 91.4 Å². The molecule has 0 aromatic rings. The molecule has 0 rings (SSSR count). The van der Waals surface area contributed by atoms with Gasteiger partial charge >= 0.3 is 0 Å². The van der Waals surface area contributed by atoms with E-state index in [4.69, 9.17) is 0 Å². The van der Waals surface area contributed by atoms with Crippen LogP contribution in [-0.2, 0) is 4.79 Å². The average Bonchev–Trinajstić information content (AvgIpc) is 2.53. The highest BCUT2D eigenvalue weighted by molar-refractivity contribution is 5.75. The Morgan fingerprint density at radius 2 is 1.32 bits per heavy atom. The van der Waals surface area contributed by atoms with Crippen LogP contribution in [0, 0.1) is 0 Å². The van der Waals surface area contributed by atoms with Crippen LogP contribution in [-0.4, -0.2) is 37.0 Å². The molecule has 0 saturated carbocycles. The molecule has 0 saturated heterocycles. The van der Waals surface area contributed by atoms with E-state index in [-0.39, 0.29) is 5.91 Å². The molecule has 1 amide bonds. The second kappa shape index (κ2) is 16.8. The van der Waals surface area contributed by atoms with E-state index in [0.717, 1.165) is 39.0 Å². The van der Waals surface area contributed by atoms with Crippen molar-refractivity contribution in [2.24, 2.45) is 0 Å². The van der Waals surface area contributed by atoms with Gasteiger partial charge in [0.05, 0.1) is 0 Å². The van der Waals surface area contributed by atoms with Crippen LogP contribution in [0.3, 0.4) is 0 Å². The molecule has 0 atom stereocenters. The maximum Gasteiger partial charge on any atom is 0.219 e. The van der Waals surface area contributed by atoms with Gasteiger partial charge in [0.2, 0.25) is 5.91 Å². The molecule has 0 aromatic carbocycles. The van der Waals surface area contributed by atoms with Gasteiger partial charge in [0.15, 0.2) is 0 Å². The molecular weight excluding hydrogens is 272 g/mol. The number of hydrogen-bond donors (Lipinski definition) is 1. The fourth-order valence-corrected chi connectivity index (χ4v) is 2.75. The van der Waals surface area contributed by atoms with Crippen LogP contribution in [0.4, 0.5) is 0 Å². The molecule has 132 valence electrons. The smallest absolute Gasteiger partial charge is 0.219 e. The van der Waals surface area contributed by atoms with Crippen molar-refractivity contribution in [3.05, 3.63) is 0 Å². The highest BCUT2D eigenvalue weighted by atomic mass is 16.1. The minimum absolute atomic E-state index is 0.238. The van der Waals surface area contributed by atoms with Crippen molar-refractivity contribution in [3.8, 4) is 0 Å². The van der Waals surface area contributed by atoms with Crippen molar-refractivity contribution < 1.29 is 4.79 Å². The number of unbranched alkanes of at least 4 members (excludes halogenated alkanes) is 8. The molecule has 0 aromatic heterocycles. The quantitative estimate of drug-likeness (QED) is 0.417. The molecule has 0 heterocycles. The van der Waals surface area contributed by atoms with Gasteiger partial charge in [-0.05, 0) is 32.5 Å². The first-order valence-electron chi connectivity index (χ1n) is 9.73. The molecule has 0 unspecified atom stereocenters. The number of carbonyl (C=O) groups is 1. The first kappa shape index (κ1) is 21.4. The molecule has 3 nitrogen and oxygen atoms in total. The summed E-state index contributed by atoms with van der Waals surface area (Å²) in [6.07, 6.45) is 13.5. The lowest BCUT2D eigenvalue weighted by molar-refractivity contribution is -0.121. The molecule has 0 radical (unpaired) electrons. The third-order valence-corrected chi connectivity index (χ3v) is 4.38. The molecule has 22 heavy (non-hydrogen) atoms. The number of hydrogen-bond acceptors (Lipinski definition) is 2. The van der Waals surface area contributed by atoms with E-state index in [9.17, 15) is 4.79 Å². The van der Waals surface area contributed by atoms with Crippen molar-refractivity contribution in [1.29, 1.82) is 0 Å². The third kappa shape index (κ3) is 14.4. The van der Waals surface area contributed by atoms with E-state index >= 15 is 0 Å². The largest absolute Gasteiger partial charge is 0.356 e. The van der Waals surface area contributed by atoms with Gasteiger partial charge in [-0.25, -0.2) is 0 Å². The van der Waals surface area contributed by atoms with Gasteiger partial charge in [-0.3, -0.25) is 4.79 Å². The van der Waals surface area contributed by atoms with Gasteiger partial charge in [-0.2, -0.15) is 0 Å². The Morgan fingerprint density at radius 1 is 0.773 bits per heavy atom. The van der Waals surface area contributed by atoms with Gasteiger partial charge in [0.1, 0.15) is 0 Å². The van der Waals surface area contributed by atoms with Gasteiger partial charge in [0, 0.05) is 13.0 Å². The van der Waals surface area contributed by atoms with Crippen molar-refractivity contribution in [3.63, 3.8) is 0 Å². The zero-order valence-electron chi connectivity index (χ0n) is 15.5. The van der Waals surface area contributed by atoms with E-state index in [1.807, 2.05) is 0 Å². The Balaban J connectivity index is 3.26. The van der Waals surface area contributed by atoms with Crippen molar-refractivity contribution in [1.82, 2.24) is 10.2 Å². The highest BCUT2D eigenvalue weighted by Gasteiger charge is 2.02. The number of nitrogens with one attached hydrogen (secondary N) is 1. The summed E-state index contributed by atoms with van der Waals surface area (Å²) in [4.78, 5) is 14.1.